The Morgan fingerprint density at radius 1 is 1.12 bits per heavy atom. The molecule has 5 nitrogen and oxygen atoms in total. The molecular weight excluding hydrogens is 326 g/mol. The fourth-order valence-corrected chi connectivity index (χ4v) is 4.44. The van der Waals surface area contributed by atoms with Crippen molar-refractivity contribution >= 4 is 16.0 Å². The molecule has 126 valence electrons. The Morgan fingerprint density at radius 2 is 1.83 bits per heavy atom. The van der Waals surface area contributed by atoms with Gasteiger partial charge >= 0.3 is 5.97 Å². The number of carboxylic acid groups (broad SMARTS) is 1. The number of sulfonamides is 1. The average Bonchev–Trinajstić information content (AvgIpc) is 2.54. The van der Waals surface area contributed by atoms with E-state index in [0.29, 0.717) is 25.1 Å². The lowest BCUT2D eigenvalue weighted by molar-refractivity contribution is 0.0697. The number of hydrogen-bond acceptors (Lipinski definition) is 3. The maximum atomic E-state index is 12.7. The van der Waals surface area contributed by atoms with E-state index in [1.54, 1.807) is 12.1 Å². The molecule has 0 aliphatic carbocycles. The fraction of sp³-hybridized carbons (Fsp3) is 0.278. The molecule has 0 fully saturated rings. The van der Waals surface area contributed by atoms with E-state index < -0.39 is 16.0 Å². The van der Waals surface area contributed by atoms with Gasteiger partial charge in [0.25, 0.3) is 0 Å². The van der Waals surface area contributed by atoms with Crippen LogP contribution in [0.5, 0.6) is 0 Å². The molecule has 0 radical (unpaired) electrons. The van der Waals surface area contributed by atoms with E-state index >= 15 is 0 Å². The number of hydrogen-bond donors (Lipinski definition) is 1. The van der Waals surface area contributed by atoms with Gasteiger partial charge in [0.1, 0.15) is 0 Å². The average molecular weight is 345 g/mol. The maximum Gasteiger partial charge on any atom is 0.335 e. The maximum absolute atomic E-state index is 12.7. The van der Waals surface area contributed by atoms with Gasteiger partial charge in [-0.25, -0.2) is 13.2 Å². The highest BCUT2D eigenvalue weighted by molar-refractivity contribution is 7.88. The molecule has 2 aromatic rings. The van der Waals surface area contributed by atoms with Gasteiger partial charge in [0.2, 0.25) is 10.0 Å². The van der Waals surface area contributed by atoms with Crippen molar-refractivity contribution in [3.63, 3.8) is 0 Å². The molecule has 0 saturated carbocycles. The van der Waals surface area contributed by atoms with Crippen LogP contribution in [-0.2, 0) is 28.7 Å². The van der Waals surface area contributed by atoms with Gasteiger partial charge in [-0.15, -0.1) is 0 Å². The topological polar surface area (TPSA) is 74.7 Å². The van der Waals surface area contributed by atoms with E-state index in [-0.39, 0.29) is 11.3 Å². The molecule has 1 heterocycles. The first-order chi connectivity index (χ1) is 11.3. The highest BCUT2D eigenvalue weighted by Crippen LogP contribution is 2.24. The molecule has 24 heavy (non-hydrogen) atoms. The van der Waals surface area contributed by atoms with Crippen LogP contribution >= 0.6 is 0 Å². The van der Waals surface area contributed by atoms with Crippen molar-refractivity contribution in [3.8, 4) is 0 Å². The summed E-state index contributed by atoms with van der Waals surface area (Å²) in [6, 6.07) is 12.1. The molecule has 0 amide bonds. The molecule has 0 saturated heterocycles. The van der Waals surface area contributed by atoms with Crippen molar-refractivity contribution < 1.29 is 18.3 Å². The Balaban J connectivity index is 1.77. The molecule has 0 spiro atoms. The highest BCUT2D eigenvalue weighted by Gasteiger charge is 2.26. The lowest BCUT2D eigenvalue weighted by Crippen LogP contribution is -2.36. The smallest absolute Gasteiger partial charge is 0.335 e. The summed E-state index contributed by atoms with van der Waals surface area (Å²) in [5.74, 6) is -1.14. The van der Waals surface area contributed by atoms with Gasteiger partial charge in [-0.3, -0.25) is 0 Å². The van der Waals surface area contributed by atoms with Crippen LogP contribution in [0.4, 0.5) is 0 Å². The molecule has 0 aromatic heterocycles. The molecule has 0 atom stereocenters. The molecular formula is C18H19NO4S. The predicted molar refractivity (Wildman–Crippen MR) is 91.3 cm³/mol. The molecule has 1 aliphatic heterocycles. The van der Waals surface area contributed by atoms with E-state index in [4.69, 9.17) is 5.11 Å². The summed E-state index contributed by atoms with van der Waals surface area (Å²) in [6.45, 7) is 2.87. The van der Waals surface area contributed by atoms with Crippen LogP contribution in [-0.4, -0.2) is 30.3 Å². The molecule has 2 aromatic carbocycles. The van der Waals surface area contributed by atoms with Crippen LogP contribution < -0.4 is 0 Å². The number of carbonyl (C=O) groups is 1. The number of fused-ring (bicyclic) bond motifs is 1. The van der Waals surface area contributed by atoms with Crippen molar-refractivity contribution in [2.75, 3.05) is 6.54 Å². The normalized spacial score (nSPS) is 15.0. The third kappa shape index (κ3) is 3.49. The standard InChI is InChI=1S/C18H19NO4S/c1-13-2-5-15-8-9-19(11-17(15)10-13)24(22,23)12-14-3-6-16(7-4-14)18(20)21/h2-7,10H,8-9,11-12H2,1H3,(H,20,21). The second-order valence-electron chi connectivity index (χ2n) is 6.11. The number of benzene rings is 2. The van der Waals surface area contributed by atoms with Crippen LogP contribution in [0.25, 0.3) is 0 Å². The second kappa shape index (κ2) is 6.37. The molecule has 0 bridgehead atoms. The Bertz CT molecular complexity index is 872. The zero-order chi connectivity index (χ0) is 17.3. The lowest BCUT2D eigenvalue weighted by atomic mass is 9.99. The quantitative estimate of drug-likeness (QED) is 0.924. The van der Waals surface area contributed by atoms with Crippen LogP contribution in [0, 0.1) is 6.92 Å². The van der Waals surface area contributed by atoms with Crippen molar-refractivity contribution in [3.05, 3.63) is 70.3 Å². The first-order valence-corrected chi connectivity index (χ1v) is 9.34. The van der Waals surface area contributed by atoms with E-state index in [0.717, 1.165) is 11.1 Å². The van der Waals surface area contributed by atoms with E-state index in [2.05, 4.69) is 6.07 Å². The number of rotatable bonds is 4. The number of aryl methyl sites for hydroxylation is 1. The summed E-state index contributed by atoms with van der Waals surface area (Å²) >= 11 is 0. The summed E-state index contributed by atoms with van der Waals surface area (Å²) in [5, 5.41) is 8.90. The monoisotopic (exact) mass is 345 g/mol. The zero-order valence-corrected chi connectivity index (χ0v) is 14.2. The second-order valence-corrected chi connectivity index (χ2v) is 8.08. The van der Waals surface area contributed by atoms with Crippen LogP contribution in [0.15, 0.2) is 42.5 Å². The summed E-state index contributed by atoms with van der Waals surface area (Å²) in [6.07, 6.45) is 0.715. The van der Waals surface area contributed by atoms with Crippen LogP contribution in [0.3, 0.4) is 0 Å². The Labute approximate surface area is 141 Å². The van der Waals surface area contributed by atoms with E-state index in [9.17, 15) is 13.2 Å². The van der Waals surface area contributed by atoms with Crippen molar-refractivity contribution in [2.24, 2.45) is 0 Å². The predicted octanol–water partition coefficient (Wildman–Crippen LogP) is 2.58. The van der Waals surface area contributed by atoms with Crippen LogP contribution in [0.2, 0.25) is 0 Å². The largest absolute Gasteiger partial charge is 0.478 e. The zero-order valence-electron chi connectivity index (χ0n) is 13.4. The van der Waals surface area contributed by atoms with Gasteiger partial charge in [0.15, 0.2) is 0 Å². The van der Waals surface area contributed by atoms with Gasteiger partial charge in [0.05, 0.1) is 11.3 Å². The molecule has 3 rings (SSSR count). The SMILES string of the molecule is Cc1ccc2c(c1)CN(S(=O)(=O)Cc1ccc(C(=O)O)cc1)CC2. The Kier molecular flexibility index (Phi) is 4.43. The van der Waals surface area contributed by atoms with E-state index in [1.807, 2.05) is 19.1 Å². The highest BCUT2D eigenvalue weighted by atomic mass is 32.2. The molecule has 1 N–H and O–H groups in total. The lowest BCUT2D eigenvalue weighted by Gasteiger charge is -2.28. The summed E-state index contributed by atoms with van der Waals surface area (Å²) < 4.78 is 26.9. The van der Waals surface area contributed by atoms with Gasteiger partial charge in [-0.05, 0) is 42.2 Å². The van der Waals surface area contributed by atoms with Gasteiger partial charge in [-0.1, -0.05) is 35.9 Å². The van der Waals surface area contributed by atoms with Gasteiger partial charge in [0, 0.05) is 13.1 Å². The molecule has 6 heteroatoms. The molecule has 0 unspecified atom stereocenters. The minimum Gasteiger partial charge on any atom is -0.478 e. The Morgan fingerprint density at radius 3 is 2.50 bits per heavy atom. The summed E-state index contributed by atoms with van der Waals surface area (Å²) in [5.41, 5.74) is 4.13. The first-order valence-electron chi connectivity index (χ1n) is 7.73. The molecule has 1 aliphatic rings. The van der Waals surface area contributed by atoms with Crippen molar-refractivity contribution in [1.29, 1.82) is 0 Å². The third-order valence-corrected chi connectivity index (χ3v) is 6.08. The first kappa shape index (κ1) is 16.7. The van der Waals surface area contributed by atoms with Gasteiger partial charge in [-0.2, -0.15) is 4.31 Å². The van der Waals surface area contributed by atoms with Gasteiger partial charge < -0.3 is 5.11 Å². The van der Waals surface area contributed by atoms with E-state index in [1.165, 1.54) is 22.0 Å². The summed E-state index contributed by atoms with van der Waals surface area (Å²) in [7, 11) is -3.44. The number of carboxylic acids is 1. The number of nitrogens with zero attached hydrogens (tertiary/aromatic N) is 1. The van der Waals surface area contributed by atoms with Crippen molar-refractivity contribution in [1.82, 2.24) is 4.31 Å². The number of aromatic carboxylic acids is 1. The minimum atomic E-state index is -3.44. The van der Waals surface area contributed by atoms with Crippen molar-refractivity contribution in [2.45, 2.75) is 25.6 Å². The minimum absolute atomic E-state index is 0.117. The van der Waals surface area contributed by atoms with Crippen LogP contribution in [0.1, 0.15) is 32.6 Å². The fourth-order valence-electron chi connectivity index (χ4n) is 2.94. The third-order valence-electron chi connectivity index (χ3n) is 4.28. The summed E-state index contributed by atoms with van der Waals surface area (Å²) in [4.78, 5) is 10.9. The Hall–Kier alpha value is -2.18.